The molecule has 0 heterocycles. The zero-order valence-electron chi connectivity index (χ0n) is 9.80. The number of rotatable bonds is 5. The maximum Gasteiger partial charge on any atom is 0.123 e. The van der Waals surface area contributed by atoms with Crippen molar-refractivity contribution in [3.05, 3.63) is 54.3 Å². The van der Waals surface area contributed by atoms with E-state index in [2.05, 4.69) is 6.07 Å². The van der Waals surface area contributed by atoms with Gasteiger partial charge in [0.1, 0.15) is 5.82 Å². The highest BCUT2D eigenvalue weighted by molar-refractivity contribution is 8.03. The summed E-state index contributed by atoms with van der Waals surface area (Å²) in [6.07, 6.45) is 0. The lowest BCUT2D eigenvalue weighted by Crippen LogP contribution is -1.87. The minimum atomic E-state index is -0.187. The summed E-state index contributed by atoms with van der Waals surface area (Å²) < 4.78 is 12.7. The number of nitrogens with two attached hydrogens (primary N) is 1. The first-order valence-electron chi connectivity index (χ1n) is 5.61. The van der Waals surface area contributed by atoms with Crippen LogP contribution in [0.5, 0.6) is 0 Å². The summed E-state index contributed by atoms with van der Waals surface area (Å²) in [5, 5.41) is 0. The third-order valence-corrected chi connectivity index (χ3v) is 4.56. The summed E-state index contributed by atoms with van der Waals surface area (Å²) in [5.74, 6) is 1.81. The van der Waals surface area contributed by atoms with Gasteiger partial charge in [-0.15, -0.1) is 23.5 Å². The first kappa shape index (κ1) is 13.3. The first-order valence-corrected chi connectivity index (χ1v) is 7.58. The first-order chi connectivity index (χ1) is 8.74. The number of nitrogen functional groups attached to an aromatic ring is 1. The van der Waals surface area contributed by atoms with Crippen molar-refractivity contribution in [3.63, 3.8) is 0 Å². The van der Waals surface area contributed by atoms with Gasteiger partial charge in [0.15, 0.2) is 0 Å². The van der Waals surface area contributed by atoms with Crippen molar-refractivity contribution >= 4 is 29.2 Å². The Morgan fingerprint density at radius 3 is 2.22 bits per heavy atom. The highest BCUT2D eigenvalue weighted by Gasteiger charge is 1.97. The molecule has 2 aromatic carbocycles. The van der Waals surface area contributed by atoms with Crippen molar-refractivity contribution in [2.75, 3.05) is 17.2 Å². The van der Waals surface area contributed by atoms with E-state index in [-0.39, 0.29) is 5.82 Å². The molecule has 0 saturated heterocycles. The van der Waals surface area contributed by atoms with Gasteiger partial charge in [-0.2, -0.15) is 0 Å². The monoisotopic (exact) mass is 279 g/mol. The maximum absolute atomic E-state index is 12.7. The Labute approximate surface area is 115 Å². The van der Waals surface area contributed by atoms with Crippen molar-refractivity contribution in [3.8, 4) is 0 Å². The molecular weight excluding hydrogens is 265 g/mol. The quantitative estimate of drug-likeness (QED) is 0.502. The molecule has 2 N–H and O–H groups in total. The molecule has 94 valence electrons. The lowest BCUT2D eigenvalue weighted by atomic mass is 10.3. The van der Waals surface area contributed by atoms with Crippen molar-refractivity contribution in [2.24, 2.45) is 0 Å². The lowest BCUT2D eigenvalue weighted by Gasteiger charge is -2.03. The molecule has 18 heavy (non-hydrogen) atoms. The molecule has 0 aliphatic rings. The minimum Gasteiger partial charge on any atom is -0.399 e. The van der Waals surface area contributed by atoms with Crippen molar-refractivity contribution in [1.29, 1.82) is 0 Å². The normalized spacial score (nSPS) is 10.5. The summed E-state index contributed by atoms with van der Waals surface area (Å²) in [5.41, 5.74) is 6.51. The van der Waals surface area contributed by atoms with Gasteiger partial charge in [0.2, 0.25) is 0 Å². The van der Waals surface area contributed by atoms with Crippen LogP contribution in [0.4, 0.5) is 10.1 Å². The van der Waals surface area contributed by atoms with E-state index >= 15 is 0 Å². The molecule has 0 saturated carbocycles. The number of hydrogen-bond acceptors (Lipinski definition) is 3. The highest BCUT2D eigenvalue weighted by atomic mass is 32.2. The van der Waals surface area contributed by atoms with Gasteiger partial charge in [-0.05, 0) is 42.5 Å². The fourth-order valence-corrected chi connectivity index (χ4v) is 3.32. The molecule has 0 amide bonds. The minimum absolute atomic E-state index is 0.187. The van der Waals surface area contributed by atoms with Crippen LogP contribution in [0, 0.1) is 5.82 Å². The fourth-order valence-electron chi connectivity index (χ4n) is 1.45. The zero-order chi connectivity index (χ0) is 12.8. The Hall–Kier alpha value is -1.13. The second kappa shape index (κ2) is 6.71. The summed E-state index contributed by atoms with van der Waals surface area (Å²) in [6, 6.07) is 14.5. The van der Waals surface area contributed by atoms with Crippen molar-refractivity contribution < 1.29 is 4.39 Å². The van der Waals surface area contributed by atoms with Gasteiger partial charge in [-0.3, -0.25) is 0 Å². The standard InChI is InChI=1S/C14H14FNS2/c15-11-4-6-13(7-5-11)17-8-9-18-14-3-1-2-12(16)10-14/h1-7,10H,8-9,16H2. The molecule has 0 aromatic heterocycles. The van der Waals surface area contributed by atoms with Crippen LogP contribution < -0.4 is 5.73 Å². The van der Waals surface area contributed by atoms with Crippen LogP contribution >= 0.6 is 23.5 Å². The molecule has 0 unspecified atom stereocenters. The molecule has 0 spiro atoms. The van der Waals surface area contributed by atoms with Gasteiger partial charge in [-0.1, -0.05) is 6.07 Å². The average molecular weight is 279 g/mol. The Bertz CT molecular complexity index is 499. The molecule has 0 fully saturated rings. The van der Waals surface area contributed by atoms with E-state index in [0.717, 1.165) is 22.1 Å². The number of benzene rings is 2. The summed E-state index contributed by atoms with van der Waals surface area (Å²) in [4.78, 5) is 2.29. The summed E-state index contributed by atoms with van der Waals surface area (Å²) in [6.45, 7) is 0. The Morgan fingerprint density at radius 1 is 0.889 bits per heavy atom. The third kappa shape index (κ3) is 4.27. The van der Waals surface area contributed by atoms with Crippen molar-refractivity contribution in [1.82, 2.24) is 0 Å². The smallest absolute Gasteiger partial charge is 0.123 e. The molecule has 2 rings (SSSR count). The van der Waals surface area contributed by atoms with Gasteiger partial charge >= 0.3 is 0 Å². The predicted octanol–water partition coefficient (Wildman–Crippen LogP) is 4.29. The van der Waals surface area contributed by atoms with E-state index in [0.29, 0.717) is 0 Å². The highest BCUT2D eigenvalue weighted by Crippen LogP contribution is 2.24. The van der Waals surface area contributed by atoms with Gasteiger partial charge in [-0.25, -0.2) is 4.39 Å². The molecule has 0 bridgehead atoms. The predicted molar refractivity (Wildman–Crippen MR) is 78.7 cm³/mol. The van der Waals surface area contributed by atoms with Crippen LogP contribution in [0.15, 0.2) is 58.3 Å². The topological polar surface area (TPSA) is 26.0 Å². The second-order valence-electron chi connectivity index (χ2n) is 3.72. The van der Waals surface area contributed by atoms with Gasteiger partial charge < -0.3 is 5.73 Å². The largest absolute Gasteiger partial charge is 0.399 e. The molecule has 0 atom stereocenters. The van der Waals surface area contributed by atoms with Gasteiger partial charge in [0.05, 0.1) is 0 Å². The molecule has 4 heteroatoms. The average Bonchev–Trinajstić information content (AvgIpc) is 2.37. The van der Waals surface area contributed by atoms with E-state index in [9.17, 15) is 4.39 Å². The number of thioether (sulfide) groups is 2. The van der Waals surface area contributed by atoms with Crippen LogP contribution in [0.2, 0.25) is 0 Å². The van der Waals surface area contributed by atoms with Crippen molar-refractivity contribution in [2.45, 2.75) is 9.79 Å². The lowest BCUT2D eigenvalue weighted by molar-refractivity contribution is 0.626. The summed E-state index contributed by atoms with van der Waals surface area (Å²) in [7, 11) is 0. The second-order valence-corrected chi connectivity index (χ2v) is 6.06. The van der Waals surface area contributed by atoms with Crippen LogP contribution in [-0.4, -0.2) is 11.5 Å². The summed E-state index contributed by atoms with van der Waals surface area (Å²) >= 11 is 3.52. The Balaban J connectivity index is 1.74. The van der Waals surface area contributed by atoms with Crippen LogP contribution in [0.3, 0.4) is 0 Å². The zero-order valence-corrected chi connectivity index (χ0v) is 11.4. The fraction of sp³-hybridized carbons (Fsp3) is 0.143. The maximum atomic E-state index is 12.7. The molecule has 2 aromatic rings. The molecule has 0 radical (unpaired) electrons. The Morgan fingerprint density at radius 2 is 1.56 bits per heavy atom. The SMILES string of the molecule is Nc1cccc(SCCSc2ccc(F)cc2)c1. The third-order valence-electron chi connectivity index (χ3n) is 2.29. The van der Waals surface area contributed by atoms with E-state index in [4.69, 9.17) is 5.73 Å². The van der Waals surface area contributed by atoms with Crippen LogP contribution in [0.1, 0.15) is 0 Å². The molecule has 0 aliphatic heterocycles. The molecule has 1 nitrogen and oxygen atoms in total. The number of anilines is 1. The van der Waals surface area contributed by atoms with Gasteiger partial charge in [0.25, 0.3) is 0 Å². The molecular formula is C14H14FNS2. The van der Waals surface area contributed by atoms with E-state index < -0.39 is 0 Å². The van der Waals surface area contributed by atoms with E-state index in [1.165, 1.54) is 17.0 Å². The van der Waals surface area contributed by atoms with E-state index in [1.54, 1.807) is 23.5 Å². The Kier molecular flexibility index (Phi) is 4.96. The van der Waals surface area contributed by atoms with Crippen LogP contribution in [0.25, 0.3) is 0 Å². The molecule has 0 aliphatic carbocycles. The van der Waals surface area contributed by atoms with Crippen LogP contribution in [-0.2, 0) is 0 Å². The number of hydrogen-bond donors (Lipinski definition) is 1. The number of halogens is 1. The van der Waals surface area contributed by atoms with E-state index in [1.807, 2.05) is 30.3 Å². The van der Waals surface area contributed by atoms with Gasteiger partial charge in [0, 0.05) is 27.0 Å².